The number of hydrogen-bond donors (Lipinski definition) is 0. The molecule has 2 aliphatic rings. The molecular formula is C22H25NO2. The van der Waals surface area contributed by atoms with Gasteiger partial charge in [0.2, 0.25) is 0 Å². The summed E-state index contributed by atoms with van der Waals surface area (Å²) in [6, 6.07) is 18.6. The van der Waals surface area contributed by atoms with Crippen LogP contribution in [0.5, 0.6) is 0 Å². The van der Waals surface area contributed by atoms with Crippen LogP contribution in [0.1, 0.15) is 29.5 Å². The predicted molar refractivity (Wildman–Crippen MR) is 98.6 cm³/mol. The monoisotopic (exact) mass is 335 g/mol. The summed E-state index contributed by atoms with van der Waals surface area (Å²) in [6.07, 6.45) is 3.53. The number of hydrogen-bond acceptors (Lipinski definition) is 3. The van der Waals surface area contributed by atoms with Crippen LogP contribution in [0.15, 0.2) is 54.6 Å². The molecule has 2 aromatic carbocycles. The second-order valence-corrected chi connectivity index (χ2v) is 7.50. The number of ether oxygens (including phenoxy) is 1. The van der Waals surface area contributed by atoms with Gasteiger partial charge in [0.05, 0.1) is 0 Å². The Bertz CT molecular complexity index is 731. The third kappa shape index (κ3) is 3.09. The number of carbonyl (C=O) groups excluding carboxylic acids is 1. The summed E-state index contributed by atoms with van der Waals surface area (Å²) in [6.45, 7) is 1.92. The van der Waals surface area contributed by atoms with E-state index in [4.69, 9.17) is 4.74 Å². The molecule has 3 nitrogen and oxygen atoms in total. The summed E-state index contributed by atoms with van der Waals surface area (Å²) < 4.78 is 6.05. The minimum absolute atomic E-state index is 0.00977. The van der Waals surface area contributed by atoms with E-state index in [0.717, 1.165) is 44.3 Å². The maximum absolute atomic E-state index is 13.4. The van der Waals surface area contributed by atoms with E-state index in [1.165, 1.54) is 11.1 Å². The number of rotatable bonds is 3. The molecule has 1 atom stereocenters. The first-order chi connectivity index (χ1) is 12.2. The van der Waals surface area contributed by atoms with Crippen molar-refractivity contribution in [1.82, 2.24) is 4.90 Å². The lowest BCUT2D eigenvalue weighted by atomic mass is 9.77. The van der Waals surface area contributed by atoms with E-state index in [1.54, 1.807) is 0 Å². The van der Waals surface area contributed by atoms with Crippen LogP contribution in [0, 0.1) is 0 Å². The molecular weight excluding hydrogens is 310 g/mol. The van der Waals surface area contributed by atoms with Gasteiger partial charge in [-0.3, -0.25) is 4.79 Å². The van der Waals surface area contributed by atoms with Crippen molar-refractivity contribution in [2.75, 3.05) is 20.1 Å². The Morgan fingerprint density at radius 1 is 1.04 bits per heavy atom. The maximum Gasteiger partial charge on any atom is 0.317 e. The van der Waals surface area contributed by atoms with Crippen LogP contribution < -0.4 is 0 Å². The van der Waals surface area contributed by atoms with E-state index in [1.807, 2.05) is 18.2 Å². The topological polar surface area (TPSA) is 29.5 Å². The first-order valence-corrected chi connectivity index (χ1v) is 9.19. The van der Waals surface area contributed by atoms with Gasteiger partial charge < -0.3 is 9.64 Å². The lowest BCUT2D eigenvalue weighted by Crippen LogP contribution is -2.44. The van der Waals surface area contributed by atoms with Gasteiger partial charge in [-0.1, -0.05) is 54.6 Å². The predicted octanol–water partition coefficient (Wildman–Crippen LogP) is 3.36. The van der Waals surface area contributed by atoms with E-state index < -0.39 is 5.41 Å². The zero-order valence-corrected chi connectivity index (χ0v) is 14.8. The van der Waals surface area contributed by atoms with Gasteiger partial charge in [0.1, 0.15) is 11.5 Å². The molecule has 1 heterocycles. The minimum Gasteiger partial charge on any atom is -0.460 e. The SMILES string of the molecule is CN1CCCC(OC(=O)C2(c3ccccc3)Cc3ccccc3C2)C1. The lowest BCUT2D eigenvalue weighted by molar-refractivity contribution is -0.158. The summed E-state index contributed by atoms with van der Waals surface area (Å²) in [5.74, 6) is -0.0600. The quantitative estimate of drug-likeness (QED) is 0.806. The van der Waals surface area contributed by atoms with Gasteiger partial charge in [0, 0.05) is 6.54 Å². The molecule has 1 fully saturated rings. The molecule has 1 aliphatic carbocycles. The molecule has 4 rings (SSSR count). The fourth-order valence-corrected chi connectivity index (χ4v) is 4.32. The molecule has 0 radical (unpaired) electrons. The number of piperidine rings is 1. The molecule has 2 aromatic rings. The van der Waals surface area contributed by atoms with Crippen LogP contribution in [0.2, 0.25) is 0 Å². The summed E-state index contributed by atoms with van der Waals surface area (Å²) in [5, 5.41) is 0. The van der Waals surface area contributed by atoms with Crippen molar-refractivity contribution in [2.24, 2.45) is 0 Å². The standard InChI is InChI=1S/C22H25NO2/c1-23-13-7-12-20(16-23)25-21(24)22(19-10-3-2-4-11-19)14-17-8-5-6-9-18(17)15-22/h2-6,8-11,20H,7,12-16H2,1H3. The first kappa shape index (κ1) is 16.3. The smallest absolute Gasteiger partial charge is 0.317 e. The van der Waals surface area contributed by atoms with Crippen molar-refractivity contribution in [3.63, 3.8) is 0 Å². The molecule has 25 heavy (non-hydrogen) atoms. The number of nitrogens with zero attached hydrogens (tertiary/aromatic N) is 1. The van der Waals surface area contributed by atoms with Crippen LogP contribution in [-0.2, 0) is 27.8 Å². The molecule has 1 aliphatic heterocycles. The van der Waals surface area contributed by atoms with Crippen molar-refractivity contribution in [3.05, 3.63) is 71.3 Å². The number of likely N-dealkylation sites (N-methyl/N-ethyl adjacent to an activating group) is 1. The van der Waals surface area contributed by atoms with Gasteiger partial charge in [0.15, 0.2) is 0 Å². The van der Waals surface area contributed by atoms with Gasteiger partial charge in [-0.25, -0.2) is 0 Å². The summed E-state index contributed by atoms with van der Waals surface area (Å²) in [5.41, 5.74) is 3.02. The largest absolute Gasteiger partial charge is 0.460 e. The Morgan fingerprint density at radius 3 is 2.32 bits per heavy atom. The zero-order chi connectivity index (χ0) is 17.3. The van der Waals surface area contributed by atoms with E-state index in [0.29, 0.717) is 0 Å². The minimum atomic E-state index is -0.582. The van der Waals surface area contributed by atoms with E-state index in [-0.39, 0.29) is 12.1 Å². The highest BCUT2D eigenvalue weighted by atomic mass is 16.5. The van der Waals surface area contributed by atoms with Gasteiger partial charge in [-0.05, 0) is 56.0 Å². The second kappa shape index (κ2) is 6.64. The van der Waals surface area contributed by atoms with Crippen LogP contribution >= 0.6 is 0 Å². The highest BCUT2D eigenvalue weighted by Crippen LogP contribution is 2.41. The van der Waals surface area contributed by atoms with Crippen molar-refractivity contribution < 1.29 is 9.53 Å². The van der Waals surface area contributed by atoms with Crippen molar-refractivity contribution in [1.29, 1.82) is 0 Å². The Labute approximate surface area is 149 Å². The molecule has 1 saturated heterocycles. The van der Waals surface area contributed by atoms with E-state index >= 15 is 0 Å². The van der Waals surface area contributed by atoms with Gasteiger partial charge in [-0.15, -0.1) is 0 Å². The number of esters is 1. The van der Waals surface area contributed by atoms with Crippen LogP contribution in [0.25, 0.3) is 0 Å². The molecule has 0 saturated carbocycles. The Balaban J connectivity index is 1.64. The maximum atomic E-state index is 13.4. The first-order valence-electron chi connectivity index (χ1n) is 9.19. The molecule has 0 aromatic heterocycles. The molecule has 0 bridgehead atoms. The molecule has 0 amide bonds. The van der Waals surface area contributed by atoms with Crippen molar-refractivity contribution in [2.45, 2.75) is 37.2 Å². The van der Waals surface area contributed by atoms with Crippen LogP contribution in [-0.4, -0.2) is 37.1 Å². The fraction of sp³-hybridized carbons (Fsp3) is 0.409. The Morgan fingerprint density at radius 2 is 1.68 bits per heavy atom. The van der Waals surface area contributed by atoms with Crippen LogP contribution in [0.3, 0.4) is 0 Å². The normalized spacial score (nSPS) is 22.4. The van der Waals surface area contributed by atoms with Gasteiger partial charge in [0.25, 0.3) is 0 Å². The third-order valence-corrected chi connectivity index (χ3v) is 5.67. The average Bonchev–Trinajstić information content (AvgIpc) is 3.03. The number of fused-ring (bicyclic) bond motifs is 1. The van der Waals surface area contributed by atoms with Gasteiger partial charge in [-0.2, -0.15) is 0 Å². The number of likely N-dealkylation sites (tertiary alicyclic amines) is 1. The summed E-state index contributed by atoms with van der Waals surface area (Å²) in [4.78, 5) is 15.6. The average molecular weight is 335 g/mol. The Kier molecular flexibility index (Phi) is 4.34. The van der Waals surface area contributed by atoms with Crippen LogP contribution in [0.4, 0.5) is 0 Å². The van der Waals surface area contributed by atoms with Crippen molar-refractivity contribution >= 4 is 5.97 Å². The van der Waals surface area contributed by atoms with Crippen molar-refractivity contribution in [3.8, 4) is 0 Å². The molecule has 0 N–H and O–H groups in total. The fourth-order valence-electron chi connectivity index (χ4n) is 4.32. The Hall–Kier alpha value is -2.13. The second-order valence-electron chi connectivity index (χ2n) is 7.50. The van der Waals surface area contributed by atoms with E-state index in [9.17, 15) is 4.79 Å². The van der Waals surface area contributed by atoms with Gasteiger partial charge >= 0.3 is 5.97 Å². The summed E-state index contributed by atoms with van der Waals surface area (Å²) >= 11 is 0. The third-order valence-electron chi connectivity index (χ3n) is 5.67. The molecule has 0 spiro atoms. The molecule has 3 heteroatoms. The van der Waals surface area contributed by atoms with E-state index in [2.05, 4.69) is 48.3 Å². The molecule has 1 unspecified atom stereocenters. The number of carbonyl (C=O) groups is 1. The molecule has 130 valence electrons. The lowest BCUT2D eigenvalue weighted by Gasteiger charge is -2.33. The zero-order valence-electron chi connectivity index (χ0n) is 14.8. The highest BCUT2D eigenvalue weighted by Gasteiger charge is 2.47. The number of benzene rings is 2. The highest BCUT2D eigenvalue weighted by molar-refractivity contribution is 5.85. The summed E-state index contributed by atoms with van der Waals surface area (Å²) in [7, 11) is 2.10.